The van der Waals surface area contributed by atoms with Crippen molar-refractivity contribution in [2.24, 2.45) is 0 Å². The number of nitrogens with one attached hydrogen (secondary N) is 1. The summed E-state index contributed by atoms with van der Waals surface area (Å²) in [5, 5.41) is 8.69. The third-order valence-corrected chi connectivity index (χ3v) is 5.24. The lowest BCUT2D eigenvalue weighted by molar-refractivity contribution is 0.211. The van der Waals surface area contributed by atoms with Gasteiger partial charge in [-0.05, 0) is 37.5 Å². The van der Waals surface area contributed by atoms with Gasteiger partial charge in [0, 0.05) is 42.8 Å². The molecule has 1 fully saturated rings. The Kier molecular flexibility index (Phi) is 5.45. The van der Waals surface area contributed by atoms with Gasteiger partial charge in [0.15, 0.2) is 5.82 Å². The Morgan fingerprint density at radius 2 is 1.89 bits per heavy atom. The summed E-state index contributed by atoms with van der Waals surface area (Å²) in [7, 11) is 0. The summed E-state index contributed by atoms with van der Waals surface area (Å²) in [6, 6.07) is 12.2. The average Bonchev–Trinajstić information content (AvgIpc) is 3.04. The van der Waals surface area contributed by atoms with Crippen LogP contribution in [0.4, 0.5) is 11.6 Å². The van der Waals surface area contributed by atoms with Gasteiger partial charge in [0.25, 0.3) is 0 Å². The van der Waals surface area contributed by atoms with E-state index in [1.54, 1.807) is 11.0 Å². The summed E-state index contributed by atoms with van der Waals surface area (Å²) in [6.07, 6.45) is 3.68. The smallest absolute Gasteiger partial charge is 0.161 e. The Balaban J connectivity index is 1.34. The predicted octanol–water partition coefficient (Wildman–Crippen LogP) is 3.28. The number of rotatable bonds is 5. The number of aryl methyl sites for hydroxylation is 1. The fraction of sp³-hybridized carbons (Fsp3) is 0.350. The van der Waals surface area contributed by atoms with E-state index in [-0.39, 0.29) is 0 Å². The van der Waals surface area contributed by atoms with Crippen LogP contribution in [-0.2, 0) is 6.54 Å². The van der Waals surface area contributed by atoms with Gasteiger partial charge in [-0.2, -0.15) is 9.78 Å². The average molecular weight is 398 g/mol. The molecule has 7 nitrogen and oxygen atoms in total. The first-order valence-corrected chi connectivity index (χ1v) is 9.82. The Morgan fingerprint density at radius 3 is 2.57 bits per heavy atom. The maximum absolute atomic E-state index is 6.00. The van der Waals surface area contributed by atoms with E-state index in [1.807, 2.05) is 31.2 Å². The molecule has 0 unspecified atom stereocenters. The molecule has 0 bridgehead atoms. The number of benzene rings is 1. The fourth-order valence-electron chi connectivity index (χ4n) is 3.54. The Labute approximate surface area is 169 Å². The highest BCUT2D eigenvalue weighted by Gasteiger charge is 2.20. The molecule has 4 rings (SSSR count). The molecule has 0 radical (unpaired) electrons. The molecule has 28 heavy (non-hydrogen) atoms. The Bertz CT molecular complexity index is 930. The van der Waals surface area contributed by atoms with E-state index in [1.165, 1.54) is 5.56 Å². The second-order valence-corrected chi connectivity index (χ2v) is 7.64. The molecule has 0 saturated carbocycles. The molecule has 1 aliphatic heterocycles. The van der Waals surface area contributed by atoms with Gasteiger partial charge in [-0.25, -0.2) is 9.97 Å². The molecule has 0 aliphatic carbocycles. The van der Waals surface area contributed by atoms with E-state index >= 15 is 0 Å². The second-order valence-electron chi connectivity index (χ2n) is 7.21. The van der Waals surface area contributed by atoms with Gasteiger partial charge in [-0.1, -0.05) is 23.7 Å². The molecular weight excluding hydrogens is 374 g/mol. The zero-order valence-electron chi connectivity index (χ0n) is 15.8. The summed E-state index contributed by atoms with van der Waals surface area (Å²) in [4.78, 5) is 11.1. The minimum atomic E-state index is 0.390. The van der Waals surface area contributed by atoms with E-state index in [2.05, 4.69) is 37.4 Å². The second kappa shape index (κ2) is 8.16. The molecule has 1 aliphatic rings. The maximum Gasteiger partial charge on any atom is 0.161 e. The minimum absolute atomic E-state index is 0.390. The zero-order chi connectivity index (χ0) is 19.5. The van der Waals surface area contributed by atoms with Crippen molar-refractivity contribution in [2.75, 3.05) is 24.1 Å². The zero-order valence-corrected chi connectivity index (χ0v) is 16.6. The lowest BCUT2D eigenvalue weighted by atomic mass is 10.0. The number of hydrogen-bond donors (Lipinski definition) is 2. The summed E-state index contributed by atoms with van der Waals surface area (Å²) in [5.41, 5.74) is 8.16. The minimum Gasteiger partial charge on any atom is -0.384 e. The lowest BCUT2D eigenvalue weighted by Gasteiger charge is -2.32. The summed E-state index contributed by atoms with van der Waals surface area (Å²) in [5.74, 6) is 2.04. The van der Waals surface area contributed by atoms with Crippen molar-refractivity contribution in [1.82, 2.24) is 24.6 Å². The number of likely N-dealkylation sites (tertiary alicyclic amines) is 1. The van der Waals surface area contributed by atoms with Crippen LogP contribution >= 0.6 is 11.6 Å². The van der Waals surface area contributed by atoms with Crippen LogP contribution in [0.1, 0.15) is 24.1 Å². The van der Waals surface area contributed by atoms with E-state index in [9.17, 15) is 0 Å². The predicted molar refractivity (Wildman–Crippen MR) is 112 cm³/mol. The van der Waals surface area contributed by atoms with E-state index in [4.69, 9.17) is 17.3 Å². The highest BCUT2D eigenvalue weighted by atomic mass is 35.5. The fourth-order valence-corrected chi connectivity index (χ4v) is 3.66. The topological polar surface area (TPSA) is 84.9 Å². The van der Waals surface area contributed by atoms with Gasteiger partial charge in [0.05, 0.1) is 5.69 Å². The van der Waals surface area contributed by atoms with Crippen LogP contribution in [0.15, 0.2) is 42.7 Å². The van der Waals surface area contributed by atoms with Crippen molar-refractivity contribution >= 4 is 23.2 Å². The number of piperidine rings is 1. The first-order chi connectivity index (χ1) is 13.6. The molecule has 2 aromatic heterocycles. The molecule has 3 heterocycles. The quantitative estimate of drug-likeness (QED) is 0.687. The van der Waals surface area contributed by atoms with Crippen molar-refractivity contribution < 1.29 is 0 Å². The number of nitrogens with two attached hydrogens (primary N) is 1. The van der Waals surface area contributed by atoms with Crippen LogP contribution in [0.2, 0.25) is 5.02 Å². The molecule has 0 atom stereocenters. The molecule has 3 aromatic rings. The maximum atomic E-state index is 6.00. The number of hydrogen-bond acceptors (Lipinski definition) is 6. The van der Waals surface area contributed by atoms with E-state index in [0.717, 1.165) is 49.0 Å². The van der Waals surface area contributed by atoms with Crippen LogP contribution in [0.5, 0.6) is 0 Å². The van der Waals surface area contributed by atoms with Crippen LogP contribution in [0, 0.1) is 6.92 Å². The third-order valence-electron chi connectivity index (χ3n) is 4.99. The molecule has 146 valence electrons. The van der Waals surface area contributed by atoms with Crippen molar-refractivity contribution in [1.29, 1.82) is 0 Å². The van der Waals surface area contributed by atoms with Crippen molar-refractivity contribution in [3.8, 4) is 5.82 Å². The number of halogens is 1. The number of anilines is 2. The molecule has 1 aromatic carbocycles. The molecule has 3 N–H and O–H groups in total. The van der Waals surface area contributed by atoms with Crippen LogP contribution < -0.4 is 11.1 Å². The van der Waals surface area contributed by atoms with Crippen molar-refractivity contribution in [2.45, 2.75) is 32.4 Å². The molecular formula is C20H24ClN7. The van der Waals surface area contributed by atoms with Crippen molar-refractivity contribution in [3.63, 3.8) is 0 Å². The van der Waals surface area contributed by atoms with Crippen LogP contribution in [0.25, 0.3) is 5.82 Å². The van der Waals surface area contributed by atoms with Gasteiger partial charge in [-0.3, -0.25) is 4.90 Å². The van der Waals surface area contributed by atoms with E-state index < -0.39 is 0 Å². The normalized spacial score (nSPS) is 15.6. The third kappa shape index (κ3) is 4.43. The first-order valence-electron chi connectivity index (χ1n) is 9.45. The van der Waals surface area contributed by atoms with Gasteiger partial charge in [0.2, 0.25) is 0 Å². The summed E-state index contributed by atoms with van der Waals surface area (Å²) in [6.45, 7) is 4.96. The van der Waals surface area contributed by atoms with E-state index in [0.29, 0.717) is 17.7 Å². The largest absolute Gasteiger partial charge is 0.384 e. The molecule has 0 spiro atoms. The number of nitrogens with zero attached hydrogens (tertiary/aromatic N) is 5. The van der Waals surface area contributed by atoms with Gasteiger partial charge in [-0.15, -0.1) is 0 Å². The summed E-state index contributed by atoms with van der Waals surface area (Å²) < 4.78 is 1.64. The first kappa shape index (κ1) is 18.7. The van der Waals surface area contributed by atoms with Crippen LogP contribution in [-0.4, -0.2) is 43.8 Å². The summed E-state index contributed by atoms with van der Waals surface area (Å²) >= 11 is 5.97. The number of nitrogen functional groups attached to an aromatic ring is 1. The highest BCUT2D eigenvalue weighted by molar-refractivity contribution is 6.30. The SMILES string of the molecule is Cc1cc(N)n(-c2cc(NC3CCN(Cc4ccc(Cl)cc4)CC3)ncn2)n1. The van der Waals surface area contributed by atoms with Gasteiger partial charge < -0.3 is 11.1 Å². The lowest BCUT2D eigenvalue weighted by Crippen LogP contribution is -2.38. The van der Waals surface area contributed by atoms with Gasteiger partial charge >= 0.3 is 0 Å². The highest BCUT2D eigenvalue weighted by Crippen LogP contribution is 2.20. The monoisotopic (exact) mass is 397 g/mol. The van der Waals surface area contributed by atoms with Gasteiger partial charge in [0.1, 0.15) is 18.0 Å². The molecule has 8 heteroatoms. The molecule has 1 saturated heterocycles. The Hall–Kier alpha value is -2.64. The number of aromatic nitrogens is 4. The Morgan fingerprint density at radius 1 is 1.14 bits per heavy atom. The molecule has 0 amide bonds. The van der Waals surface area contributed by atoms with Crippen molar-refractivity contribution in [3.05, 3.63) is 59.0 Å². The van der Waals surface area contributed by atoms with Crippen LogP contribution in [0.3, 0.4) is 0 Å². The standard InChI is InChI=1S/C20H24ClN7/c1-14-10-18(22)28(26-14)20-11-19(23-13-24-20)25-17-6-8-27(9-7-17)12-15-2-4-16(21)5-3-15/h2-5,10-11,13,17H,6-9,12,22H2,1H3,(H,23,24,25).